The van der Waals surface area contributed by atoms with E-state index in [1.165, 1.54) is 25.5 Å². The van der Waals surface area contributed by atoms with Crippen LogP contribution >= 0.6 is 0 Å². The van der Waals surface area contributed by atoms with Gasteiger partial charge in [-0.3, -0.25) is 4.79 Å². The number of carbonyl (C=O) groups is 1. The van der Waals surface area contributed by atoms with Crippen LogP contribution in [-0.4, -0.2) is 34.6 Å². The minimum absolute atomic E-state index is 0.113. The number of nitrogens with one attached hydrogen (secondary N) is 1. The number of furan rings is 1. The van der Waals surface area contributed by atoms with Crippen LogP contribution in [0.15, 0.2) is 76.2 Å². The number of benzene rings is 2. The predicted octanol–water partition coefficient (Wildman–Crippen LogP) is 3.56. The molecule has 8 heteroatoms. The quantitative estimate of drug-likeness (QED) is 0.515. The van der Waals surface area contributed by atoms with Crippen molar-refractivity contribution in [2.45, 2.75) is 23.5 Å². The van der Waals surface area contributed by atoms with E-state index in [9.17, 15) is 13.2 Å². The highest BCUT2D eigenvalue weighted by molar-refractivity contribution is 7.91. The molecule has 1 aromatic heterocycles. The maximum absolute atomic E-state index is 13.2. The van der Waals surface area contributed by atoms with E-state index < -0.39 is 15.1 Å². The molecule has 3 aromatic rings. The molecule has 0 fully saturated rings. The normalized spacial score (nSPS) is 12.2. The van der Waals surface area contributed by atoms with Gasteiger partial charge in [0.05, 0.1) is 31.3 Å². The highest BCUT2D eigenvalue weighted by Gasteiger charge is 2.31. The minimum atomic E-state index is -3.81. The molecule has 1 atom stereocenters. The van der Waals surface area contributed by atoms with E-state index in [0.717, 1.165) is 11.3 Å². The molecule has 31 heavy (non-hydrogen) atoms. The molecule has 164 valence electrons. The second kappa shape index (κ2) is 10.2. The Morgan fingerprint density at radius 3 is 2.29 bits per heavy atom. The van der Waals surface area contributed by atoms with Crippen LogP contribution in [0.3, 0.4) is 0 Å². The molecular weight excluding hydrogens is 418 g/mol. The van der Waals surface area contributed by atoms with Crippen molar-refractivity contribution in [1.29, 1.82) is 0 Å². The number of hydrogen-bond acceptors (Lipinski definition) is 6. The summed E-state index contributed by atoms with van der Waals surface area (Å²) in [5.41, 5.74) is 0.800. The summed E-state index contributed by atoms with van der Waals surface area (Å²) in [6, 6.07) is 16.5. The van der Waals surface area contributed by atoms with Gasteiger partial charge < -0.3 is 19.2 Å². The topological polar surface area (TPSA) is 94.8 Å². The van der Waals surface area contributed by atoms with Crippen LogP contribution < -0.4 is 14.8 Å². The van der Waals surface area contributed by atoms with Gasteiger partial charge in [-0.2, -0.15) is 0 Å². The van der Waals surface area contributed by atoms with Gasteiger partial charge in [-0.25, -0.2) is 8.42 Å². The second-order valence-corrected chi connectivity index (χ2v) is 8.91. The van der Waals surface area contributed by atoms with Crippen molar-refractivity contribution < 1.29 is 27.1 Å². The highest BCUT2D eigenvalue weighted by atomic mass is 32.2. The lowest BCUT2D eigenvalue weighted by atomic mass is 10.1. The number of rotatable bonds is 10. The molecule has 0 saturated carbocycles. The van der Waals surface area contributed by atoms with Crippen molar-refractivity contribution >= 4 is 15.7 Å². The number of amides is 1. The van der Waals surface area contributed by atoms with Crippen LogP contribution in [0.25, 0.3) is 0 Å². The number of carbonyl (C=O) groups excluding carboxylic acids is 1. The van der Waals surface area contributed by atoms with Gasteiger partial charge in [-0.1, -0.05) is 12.1 Å². The third-order valence-corrected chi connectivity index (χ3v) is 6.78. The van der Waals surface area contributed by atoms with Gasteiger partial charge in [0.1, 0.15) is 22.5 Å². The summed E-state index contributed by atoms with van der Waals surface area (Å²) >= 11 is 0. The lowest BCUT2D eigenvalue weighted by Crippen LogP contribution is -2.32. The van der Waals surface area contributed by atoms with Crippen LogP contribution in [0.5, 0.6) is 11.5 Å². The largest absolute Gasteiger partial charge is 0.497 e. The summed E-state index contributed by atoms with van der Waals surface area (Å²) in [4.78, 5) is 12.6. The van der Waals surface area contributed by atoms with Crippen molar-refractivity contribution in [2.75, 3.05) is 20.3 Å². The van der Waals surface area contributed by atoms with Crippen molar-refractivity contribution in [3.05, 3.63) is 78.3 Å². The molecule has 2 aromatic carbocycles. The maximum Gasteiger partial charge on any atom is 0.224 e. The maximum atomic E-state index is 13.2. The molecular formula is C23H25NO6S. The SMILES string of the molecule is CCOc1ccc(CC(=O)NC[C@H](c2ccco2)S(=O)(=O)c2ccc(OC)cc2)cc1. The van der Waals surface area contributed by atoms with E-state index in [0.29, 0.717) is 12.4 Å². The first-order chi connectivity index (χ1) is 14.9. The van der Waals surface area contributed by atoms with Gasteiger partial charge in [0, 0.05) is 6.54 Å². The molecule has 7 nitrogen and oxygen atoms in total. The molecule has 0 saturated heterocycles. The Hall–Kier alpha value is -3.26. The monoisotopic (exact) mass is 443 g/mol. The van der Waals surface area contributed by atoms with Crippen molar-refractivity contribution in [1.82, 2.24) is 5.32 Å². The van der Waals surface area contributed by atoms with Crippen LogP contribution in [0.1, 0.15) is 23.5 Å². The summed E-state index contributed by atoms with van der Waals surface area (Å²) in [5, 5.41) is 1.67. The molecule has 0 unspecified atom stereocenters. The third kappa shape index (κ3) is 5.67. The van der Waals surface area contributed by atoms with Crippen LogP contribution in [-0.2, 0) is 21.1 Å². The molecule has 0 radical (unpaired) electrons. The predicted molar refractivity (Wildman–Crippen MR) is 116 cm³/mol. The molecule has 1 amide bonds. The fourth-order valence-electron chi connectivity index (χ4n) is 3.09. The lowest BCUT2D eigenvalue weighted by molar-refractivity contribution is -0.120. The first-order valence-electron chi connectivity index (χ1n) is 9.84. The average Bonchev–Trinajstić information content (AvgIpc) is 3.30. The van der Waals surface area contributed by atoms with E-state index >= 15 is 0 Å². The van der Waals surface area contributed by atoms with Crippen molar-refractivity contribution in [2.24, 2.45) is 0 Å². The lowest BCUT2D eigenvalue weighted by Gasteiger charge is -2.17. The molecule has 0 spiro atoms. The Morgan fingerprint density at radius 2 is 1.71 bits per heavy atom. The summed E-state index contributed by atoms with van der Waals surface area (Å²) in [6.07, 6.45) is 1.54. The summed E-state index contributed by atoms with van der Waals surface area (Å²) in [5.74, 6) is 1.26. The average molecular weight is 444 g/mol. The van der Waals surface area contributed by atoms with Gasteiger partial charge in [-0.05, 0) is 61.0 Å². The molecule has 0 aliphatic rings. The second-order valence-electron chi connectivity index (χ2n) is 6.78. The fourth-order valence-corrected chi connectivity index (χ4v) is 4.68. The minimum Gasteiger partial charge on any atom is -0.497 e. The first kappa shape index (κ1) is 22.4. The van der Waals surface area contributed by atoms with Crippen LogP contribution in [0.4, 0.5) is 0 Å². The van der Waals surface area contributed by atoms with Gasteiger partial charge in [0.15, 0.2) is 9.84 Å². The standard InChI is InChI=1S/C23H25NO6S/c1-3-29-19-8-6-17(7-9-19)15-23(25)24-16-22(21-5-4-14-30-21)31(26,27)20-12-10-18(28-2)11-13-20/h4-14,22H,3,15-16H2,1-2H3,(H,24,25)/t22-/m1/s1. The van der Waals surface area contributed by atoms with E-state index in [1.54, 1.807) is 36.4 Å². The molecule has 0 bridgehead atoms. The molecule has 0 aliphatic carbocycles. The number of sulfone groups is 1. The highest BCUT2D eigenvalue weighted by Crippen LogP contribution is 2.30. The first-order valence-corrected chi connectivity index (χ1v) is 11.4. The van der Waals surface area contributed by atoms with Crippen molar-refractivity contribution in [3.8, 4) is 11.5 Å². The summed E-state index contributed by atoms with van der Waals surface area (Å²) in [7, 11) is -2.30. The zero-order valence-electron chi connectivity index (χ0n) is 17.4. The van der Waals surface area contributed by atoms with E-state index in [1.807, 2.05) is 19.1 Å². The van der Waals surface area contributed by atoms with E-state index in [-0.39, 0.29) is 29.5 Å². The Kier molecular flexibility index (Phi) is 7.36. The summed E-state index contributed by atoms with van der Waals surface area (Å²) < 4.78 is 42.3. The van der Waals surface area contributed by atoms with E-state index in [2.05, 4.69) is 5.32 Å². The van der Waals surface area contributed by atoms with E-state index in [4.69, 9.17) is 13.9 Å². The van der Waals surface area contributed by atoms with Crippen LogP contribution in [0, 0.1) is 0 Å². The summed E-state index contributed by atoms with van der Waals surface area (Å²) in [6.45, 7) is 2.35. The molecule has 1 heterocycles. The Labute approximate surface area is 181 Å². The van der Waals surface area contributed by atoms with Gasteiger partial charge in [-0.15, -0.1) is 0 Å². The molecule has 0 aliphatic heterocycles. The number of ether oxygens (including phenoxy) is 2. The zero-order chi connectivity index (χ0) is 22.3. The van der Waals surface area contributed by atoms with Crippen LogP contribution in [0.2, 0.25) is 0 Å². The van der Waals surface area contributed by atoms with Gasteiger partial charge >= 0.3 is 0 Å². The Bertz CT molecular complexity index is 1070. The van der Waals surface area contributed by atoms with Crippen molar-refractivity contribution in [3.63, 3.8) is 0 Å². The Balaban J connectivity index is 1.72. The zero-order valence-corrected chi connectivity index (χ0v) is 18.2. The smallest absolute Gasteiger partial charge is 0.224 e. The number of hydrogen-bond donors (Lipinski definition) is 1. The third-order valence-electron chi connectivity index (χ3n) is 4.71. The number of methoxy groups -OCH3 is 1. The fraction of sp³-hybridized carbons (Fsp3) is 0.261. The molecule has 1 N–H and O–H groups in total. The molecule has 3 rings (SSSR count). The Morgan fingerprint density at radius 1 is 1.03 bits per heavy atom. The van der Waals surface area contributed by atoms with Gasteiger partial charge in [0.25, 0.3) is 0 Å². The van der Waals surface area contributed by atoms with Gasteiger partial charge in [0.2, 0.25) is 5.91 Å².